The van der Waals surface area contributed by atoms with E-state index in [9.17, 15) is 5.11 Å². The molecule has 0 radical (unpaired) electrons. The second kappa shape index (κ2) is 32.4. The minimum atomic E-state index is -0.345. The Kier molecular flexibility index (Phi) is 34.1. The highest BCUT2D eigenvalue weighted by molar-refractivity contribution is 4.81. The molecule has 0 aromatic carbocycles. The first-order valence-corrected chi connectivity index (χ1v) is 17.2. The molecule has 0 bridgehead atoms. The van der Waals surface area contributed by atoms with Gasteiger partial charge in [0.15, 0.2) is 0 Å². The fraction of sp³-hybridized carbons (Fsp3) is 0.943. The Hall–Kier alpha value is -0.0900. The number of ether oxygens (including phenoxy) is 1. The van der Waals surface area contributed by atoms with Gasteiger partial charge in [-0.2, -0.15) is 0 Å². The standard InChI is InChI=1S/C35H72NO2.ClH/c1-5-7-9-11-13-15-17-18-19-20-21-22-24-26-28-30-32-38-34-35(37)33-36(3,4)31-29-27-25-23-16-14-12-10-8-6-2;/h18-19,35,37H,5-17,20-34H2,1-4H3;1H/q+1;/p-1/b19-18-;. The van der Waals surface area contributed by atoms with Crippen molar-refractivity contribution in [2.45, 2.75) is 174 Å². The zero-order chi connectivity index (χ0) is 28.0. The molecule has 0 aromatic heterocycles. The summed E-state index contributed by atoms with van der Waals surface area (Å²) in [6.45, 7) is 7.81. The van der Waals surface area contributed by atoms with E-state index in [4.69, 9.17) is 4.74 Å². The molecule has 39 heavy (non-hydrogen) atoms. The molecular weight excluding hydrogens is 502 g/mol. The predicted octanol–water partition coefficient (Wildman–Crippen LogP) is 7.40. The summed E-state index contributed by atoms with van der Waals surface area (Å²) in [6.07, 6.45) is 36.9. The van der Waals surface area contributed by atoms with E-state index in [1.165, 1.54) is 148 Å². The lowest BCUT2D eigenvalue weighted by molar-refractivity contribution is -0.893. The predicted molar refractivity (Wildman–Crippen MR) is 170 cm³/mol. The van der Waals surface area contributed by atoms with Gasteiger partial charge in [-0.1, -0.05) is 135 Å². The Morgan fingerprint density at radius 1 is 0.564 bits per heavy atom. The molecule has 3 nitrogen and oxygen atoms in total. The maximum Gasteiger partial charge on any atom is 0.126 e. The van der Waals surface area contributed by atoms with Crippen LogP contribution in [-0.4, -0.2) is 56.1 Å². The van der Waals surface area contributed by atoms with Crippen LogP contribution in [0.25, 0.3) is 0 Å². The van der Waals surface area contributed by atoms with Gasteiger partial charge in [0.1, 0.15) is 12.6 Å². The summed E-state index contributed by atoms with van der Waals surface area (Å²) < 4.78 is 6.69. The first kappa shape index (κ1) is 41.0. The highest BCUT2D eigenvalue weighted by Crippen LogP contribution is 2.13. The monoisotopic (exact) mass is 574 g/mol. The maximum atomic E-state index is 10.4. The van der Waals surface area contributed by atoms with Crippen molar-refractivity contribution in [1.29, 1.82) is 0 Å². The van der Waals surface area contributed by atoms with Crippen LogP contribution in [0.2, 0.25) is 0 Å². The summed E-state index contributed by atoms with van der Waals surface area (Å²) in [7, 11) is 4.50. The number of aliphatic hydroxyl groups is 1. The van der Waals surface area contributed by atoms with Gasteiger partial charge in [0.2, 0.25) is 0 Å². The SMILES string of the molecule is CCCCCCCC/C=C\CCCCCCCCOCC(O)C[N+](C)(C)CCCCCCCCCCCC.[Cl-]. The molecule has 0 aliphatic carbocycles. The van der Waals surface area contributed by atoms with E-state index in [2.05, 4.69) is 40.1 Å². The minimum absolute atomic E-state index is 0. The highest BCUT2D eigenvalue weighted by Gasteiger charge is 2.20. The van der Waals surface area contributed by atoms with Crippen molar-refractivity contribution >= 4 is 0 Å². The summed E-state index contributed by atoms with van der Waals surface area (Å²) in [6, 6.07) is 0. The molecule has 0 aliphatic rings. The number of likely N-dealkylation sites (N-methyl/N-ethyl adjacent to an activating group) is 1. The largest absolute Gasteiger partial charge is 1.00 e. The number of allylic oxidation sites excluding steroid dienone is 2. The topological polar surface area (TPSA) is 29.5 Å². The third-order valence-corrected chi connectivity index (χ3v) is 7.93. The van der Waals surface area contributed by atoms with Gasteiger partial charge in [-0.15, -0.1) is 0 Å². The molecule has 1 atom stereocenters. The third-order valence-electron chi connectivity index (χ3n) is 7.93. The molecule has 0 fully saturated rings. The molecule has 0 saturated carbocycles. The van der Waals surface area contributed by atoms with Crippen LogP contribution in [0.1, 0.15) is 168 Å². The molecular formula is C35H72ClNO2. The lowest BCUT2D eigenvalue weighted by atomic mass is 10.1. The molecule has 236 valence electrons. The summed E-state index contributed by atoms with van der Waals surface area (Å²) >= 11 is 0. The Labute approximate surface area is 252 Å². The average molecular weight is 574 g/mol. The number of aliphatic hydroxyl groups excluding tert-OH is 1. The Morgan fingerprint density at radius 2 is 0.949 bits per heavy atom. The van der Waals surface area contributed by atoms with E-state index < -0.39 is 0 Å². The van der Waals surface area contributed by atoms with Gasteiger partial charge in [0.25, 0.3) is 0 Å². The summed E-state index contributed by atoms with van der Waals surface area (Å²) in [5, 5.41) is 10.4. The van der Waals surface area contributed by atoms with Crippen LogP contribution in [0.15, 0.2) is 12.2 Å². The van der Waals surface area contributed by atoms with Gasteiger partial charge in [-0.25, -0.2) is 0 Å². The van der Waals surface area contributed by atoms with Crippen molar-refractivity contribution in [3.63, 3.8) is 0 Å². The van der Waals surface area contributed by atoms with E-state index in [1.807, 2.05) is 0 Å². The van der Waals surface area contributed by atoms with Crippen molar-refractivity contribution in [3.05, 3.63) is 12.2 Å². The first-order chi connectivity index (χ1) is 18.5. The molecule has 1 N–H and O–H groups in total. The van der Waals surface area contributed by atoms with Crippen LogP contribution in [0.4, 0.5) is 0 Å². The lowest BCUT2D eigenvalue weighted by Gasteiger charge is -2.32. The fourth-order valence-electron chi connectivity index (χ4n) is 5.41. The zero-order valence-corrected chi connectivity index (χ0v) is 28.0. The number of hydrogen-bond donors (Lipinski definition) is 1. The van der Waals surface area contributed by atoms with Crippen LogP contribution < -0.4 is 12.4 Å². The van der Waals surface area contributed by atoms with Crippen molar-refractivity contribution in [3.8, 4) is 0 Å². The molecule has 0 saturated heterocycles. The molecule has 0 aromatic rings. The molecule has 1 unspecified atom stereocenters. The smallest absolute Gasteiger partial charge is 0.126 e. The summed E-state index contributed by atoms with van der Waals surface area (Å²) in [5.41, 5.74) is 0. The Bertz CT molecular complexity index is 483. The first-order valence-electron chi connectivity index (χ1n) is 17.2. The van der Waals surface area contributed by atoms with Crippen LogP contribution >= 0.6 is 0 Å². The van der Waals surface area contributed by atoms with Crippen LogP contribution in [0.3, 0.4) is 0 Å². The number of hydrogen-bond acceptors (Lipinski definition) is 2. The molecule has 0 spiro atoms. The van der Waals surface area contributed by atoms with Crippen LogP contribution in [-0.2, 0) is 4.74 Å². The van der Waals surface area contributed by atoms with Crippen LogP contribution in [0, 0.1) is 0 Å². The molecule has 4 heteroatoms. The average Bonchev–Trinajstić information content (AvgIpc) is 2.88. The zero-order valence-electron chi connectivity index (χ0n) is 27.2. The molecule has 0 heterocycles. The third kappa shape index (κ3) is 34.0. The van der Waals surface area contributed by atoms with E-state index in [0.29, 0.717) is 6.61 Å². The Morgan fingerprint density at radius 3 is 1.41 bits per heavy atom. The normalized spacial score (nSPS) is 12.7. The number of nitrogens with zero attached hydrogens (tertiary/aromatic N) is 1. The van der Waals surface area contributed by atoms with Gasteiger partial charge in [-0.3, -0.25) is 0 Å². The lowest BCUT2D eigenvalue weighted by Crippen LogP contribution is -3.00. The van der Waals surface area contributed by atoms with E-state index in [0.717, 1.165) is 30.6 Å². The van der Waals surface area contributed by atoms with Gasteiger partial charge < -0.3 is 26.7 Å². The quantitative estimate of drug-likeness (QED) is 0.0531. The molecule has 0 aliphatic heterocycles. The molecule has 0 rings (SSSR count). The minimum Gasteiger partial charge on any atom is -1.00 e. The van der Waals surface area contributed by atoms with Crippen molar-refractivity contribution < 1.29 is 26.7 Å². The fourth-order valence-corrected chi connectivity index (χ4v) is 5.41. The second-order valence-corrected chi connectivity index (χ2v) is 12.7. The Balaban J connectivity index is 0. The van der Waals surface area contributed by atoms with E-state index in [1.54, 1.807) is 0 Å². The van der Waals surface area contributed by atoms with E-state index >= 15 is 0 Å². The van der Waals surface area contributed by atoms with Crippen LogP contribution in [0.5, 0.6) is 0 Å². The summed E-state index contributed by atoms with van der Waals surface area (Å²) in [4.78, 5) is 0. The number of halogens is 1. The number of rotatable bonds is 31. The van der Waals surface area contributed by atoms with Crippen molar-refractivity contribution in [2.24, 2.45) is 0 Å². The number of quaternary nitrogens is 1. The van der Waals surface area contributed by atoms with Gasteiger partial charge >= 0.3 is 0 Å². The van der Waals surface area contributed by atoms with Crippen molar-refractivity contribution in [2.75, 3.05) is 40.4 Å². The highest BCUT2D eigenvalue weighted by atomic mass is 35.5. The maximum absolute atomic E-state index is 10.4. The molecule has 0 amide bonds. The number of unbranched alkanes of at least 4 members (excludes halogenated alkanes) is 21. The summed E-state index contributed by atoms with van der Waals surface area (Å²) in [5.74, 6) is 0. The van der Waals surface area contributed by atoms with Gasteiger partial charge in [0, 0.05) is 6.61 Å². The van der Waals surface area contributed by atoms with Gasteiger partial charge in [0.05, 0.1) is 27.2 Å². The van der Waals surface area contributed by atoms with Gasteiger partial charge in [-0.05, 0) is 44.9 Å². The van der Waals surface area contributed by atoms with Crippen molar-refractivity contribution in [1.82, 2.24) is 0 Å². The van der Waals surface area contributed by atoms with E-state index in [-0.39, 0.29) is 18.5 Å². The second-order valence-electron chi connectivity index (χ2n) is 12.7.